The van der Waals surface area contributed by atoms with Gasteiger partial charge in [0, 0.05) is 31.5 Å². The standard InChI is InChI=1S/C23H34N2O2/c1-18-13-16-25(17-14-18)23(27)21-11-9-20(10-12-21)22(26)24-15-5-8-19-6-3-2-4-7-19/h2-4,6-7,18,20-21H,5,8-17H2,1H3,(H,24,26). The lowest BCUT2D eigenvalue weighted by atomic mass is 9.80. The number of likely N-dealkylation sites (tertiary alicyclic amines) is 1. The molecule has 0 aromatic heterocycles. The summed E-state index contributed by atoms with van der Waals surface area (Å²) >= 11 is 0. The zero-order valence-electron chi connectivity index (χ0n) is 16.7. The highest BCUT2D eigenvalue weighted by Crippen LogP contribution is 2.31. The number of rotatable bonds is 6. The molecule has 1 aliphatic carbocycles. The van der Waals surface area contributed by atoms with Crippen LogP contribution < -0.4 is 5.32 Å². The van der Waals surface area contributed by atoms with E-state index in [4.69, 9.17) is 0 Å². The Morgan fingerprint density at radius 3 is 2.26 bits per heavy atom. The van der Waals surface area contributed by atoms with Crippen molar-refractivity contribution in [1.29, 1.82) is 0 Å². The Morgan fingerprint density at radius 1 is 0.963 bits per heavy atom. The molecule has 2 fully saturated rings. The molecule has 1 N–H and O–H groups in total. The van der Waals surface area contributed by atoms with Crippen molar-refractivity contribution in [3.05, 3.63) is 35.9 Å². The number of hydrogen-bond donors (Lipinski definition) is 1. The van der Waals surface area contributed by atoms with Crippen molar-refractivity contribution < 1.29 is 9.59 Å². The average molecular weight is 371 g/mol. The Kier molecular flexibility index (Phi) is 7.31. The van der Waals surface area contributed by atoms with Crippen molar-refractivity contribution in [2.75, 3.05) is 19.6 Å². The number of piperidine rings is 1. The first-order valence-corrected chi connectivity index (χ1v) is 10.7. The number of hydrogen-bond acceptors (Lipinski definition) is 2. The van der Waals surface area contributed by atoms with Crippen molar-refractivity contribution in [2.45, 2.75) is 58.3 Å². The first-order chi connectivity index (χ1) is 13.1. The summed E-state index contributed by atoms with van der Waals surface area (Å²) in [5.41, 5.74) is 1.32. The lowest BCUT2D eigenvalue weighted by Crippen LogP contribution is -2.43. The van der Waals surface area contributed by atoms with Crippen LogP contribution in [0.15, 0.2) is 30.3 Å². The van der Waals surface area contributed by atoms with Crippen LogP contribution in [0.25, 0.3) is 0 Å². The van der Waals surface area contributed by atoms with Crippen molar-refractivity contribution in [3.63, 3.8) is 0 Å². The summed E-state index contributed by atoms with van der Waals surface area (Å²) in [5, 5.41) is 3.10. The Morgan fingerprint density at radius 2 is 1.59 bits per heavy atom. The van der Waals surface area contributed by atoms with Gasteiger partial charge in [-0.3, -0.25) is 9.59 Å². The minimum atomic E-state index is 0.0900. The second-order valence-corrected chi connectivity index (χ2v) is 8.44. The molecule has 27 heavy (non-hydrogen) atoms. The molecule has 1 aliphatic heterocycles. The van der Waals surface area contributed by atoms with Crippen LogP contribution in [-0.4, -0.2) is 36.3 Å². The van der Waals surface area contributed by atoms with Gasteiger partial charge in [0.15, 0.2) is 0 Å². The minimum Gasteiger partial charge on any atom is -0.356 e. The predicted octanol–water partition coefficient (Wildman–Crippen LogP) is 3.80. The van der Waals surface area contributed by atoms with Crippen LogP contribution in [0.3, 0.4) is 0 Å². The molecule has 2 amide bonds. The molecule has 4 nitrogen and oxygen atoms in total. The van der Waals surface area contributed by atoms with Gasteiger partial charge in [0.2, 0.25) is 11.8 Å². The highest BCUT2D eigenvalue weighted by molar-refractivity contribution is 5.81. The van der Waals surface area contributed by atoms with E-state index in [9.17, 15) is 9.59 Å². The van der Waals surface area contributed by atoms with Gasteiger partial charge in [0.25, 0.3) is 0 Å². The largest absolute Gasteiger partial charge is 0.356 e. The van der Waals surface area contributed by atoms with Crippen molar-refractivity contribution in [2.24, 2.45) is 17.8 Å². The summed E-state index contributed by atoms with van der Waals surface area (Å²) in [6.45, 7) is 4.84. The number of carbonyl (C=O) groups is 2. The maximum Gasteiger partial charge on any atom is 0.225 e. The first-order valence-electron chi connectivity index (χ1n) is 10.7. The van der Waals surface area contributed by atoms with Crippen LogP contribution >= 0.6 is 0 Å². The summed E-state index contributed by atoms with van der Waals surface area (Å²) in [5.74, 6) is 1.49. The number of benzene rings is 1. The van der Waals surface area contributed by atoms with E-state index in [0.717, 1.165) is 76.9 Å². The molecule has 2 aliphatic rings. The van der Waals surface area contributed by atoms with Gasteiger partial charge in [-0.25, -0.2) is 0 Å². The van der Waals surface area contributed by atoms with Crippen LogP contribution in [-0.2, 0) is 16.0 Å². The number of amides is 2. The predicted molar refractivity (Wildman–Crippen MR) is 108 cm³/mol. The third kappa shape index (κ3) is 5.82. The molecule has 1 heterocycles. The molecule has 1 aromatic carbocycles. The van der Waals surface area contributed by atoms with Crippen LogP contribution in [0, 0.1) is 17.8 Å². The maximum atomic E-state index is 12.7. The smallest absolute Gasteiger partial charge is 0.225 e. The van der Waals surface area contributed by atoms with E-state index >= 15 is 0 Å². The summed E-state index contributed by atoms with van der Waals surface area (Å²) in [4.78, 5) is 27.2. The zero-order chi connectivity index (χ0) is 19.1. The second-order valence-electron chi connectivity index (χ2n) is 8.44. The van der Waals surface area contributed by atoms with Crippen LogP contribution in [0.4, 0.5) is 0 Å². The fourth-order valence-electron chi connectivity index (χ4n) is 4.38. The van der Waals surface area contributed by atoms with Gasteiger partial charge in [0.05, 0.1) is 0 Å². The molecule has 3 rings (SSSR count). The van der Waals surface area contributed by atoms with Crippen molar-refractivity contribution in [1.82, 2.24) is 10.2 Å². The van der Waals surface area contributed by atoms with E-state index in [-0.39, 0.29) is 17.7 Å². The topological polar surface area (TPSA) is 49.4 Å². The lowest BCUT2D eigenvalue weighted by molar-refractivity contribution is -0.139. The quantitative estimate of drug-likeness (QED) is 0.774. The van der Waals surface area contributed by atoms with Gasteiger partial charge >= 0.3 is 0 Å². The number of nitrogens with zero attached hydrogens (tertiary/aromatic N) is 1. The van der Waals surface area contributed by atoms with Crippen LogP contribution in [0.1, 0.15) is 57.4 Å². The number of nitrogens with one attached hydrogen (secondary N) is 1. The minimum absolute atomic E-state index is 0.0900. The lowest BCUT2D eigenvalue weighted by Gasteiger charge is -2.35. The van der Waals surface area contributed by atoms with Crippen molar-refractivity contribution >= 4 is 11.8 Å². The van der Waals surface area contributed by atoms with Gasteiger partial charge in [-0.05, 0) is 62.8 Å². The third-order valence-electron chi connectivity index (χ3n) is 6.33. The fraction of sp³-hybridized carbons (Fsp3) is 0.652. The molecule has 1 saturated carbocycles. The molecule has 0 radical (unpaired) electrons. The Bertz CT molecular complexity index is 600. The highest BCUT2D eigenvalue weighted by Gasteiger charge is 2.32. The van der Waals surface area contributed by atoms with Crippen LogP contribution in [0.2, 0.25) is 0 Å². The average Bonchev–Trinajstić information content (AvgIpc) is 2.72. The molecule has 0 unspecified atom stereocenters. The van der Waals surface area contributed by atoms with Crippen molar-refractivity contribution in [3.8, 4) is 0 Å². The first kappa shape index (κ1) is 19.9. The van der Waals surface area contributed by atoms with Gasteiger partial charge in [-0.15, -0.1) is 0 Å². The molecular formula is C23H34N2O2. The van der Waals surface area contributed by atoms with E-state index < -0.39 is 0 Å². The molecule has 4 heteroatoms. The van der Waals surface area contributed by atoms with E-state index in [0.29, 0.717) is 5.91 Å². The third-order valence-corrected chi connectivity index (χ3v) is 6.33. The Labute approximate surface area is 163 Å². The van der Waals surface area contributed by atoms with E-state index in [1.165, 1.54) is 5.56 Å². The van der Waals surface area contributed by atoms with Gasteiger partial charge in [-0.2, -0.15) is 0 Å². The SMILES string of the molecule is CC1CCN(C(=O)C2CCC(C(=O)NCCCc3ccccc3)CC2)CC1. The molecule has 148 valence electrons. The van der Waals surface area contributed by atoms with Crippen LogP contribution in [0.5, 0.6) is 0 Å². The fourth-order valence-corrected chi connectivity index (χ4v) is 4.38. The summed E-state index contributed by atoms with van der Waals surface area (Å²) in [6.07, 6.45) is 7.67. The van der Waals surface area contributed by atoms with E-state index in [2.05, 4.69) is 41.4 Å². The summed E-state index contributed by atoms with van der Waals surface area (Å²) < 4.78 is 0. The van der Waals surface area contributed by atoms with E-state index in [1.54, 1.807) is 0 Å². The molecule has 0 spiro atoms. The number of aryl methyl sites for hydroxylation is 1. The van der Waals surface area contributed by atoms with E-state index in [1.807, 2.05) is 6.07 Å². The summed E-state index contributed by atoms with van der Waals surface area (Å²) in [6, 6.07) is 10.4. The maximum absolute atomic E-state index is 12.7. The molecule has 1 saturated heterocycles. The zero-order valence-corrected chi connectivity index (χ0v) is 16.7. The van der Waals surface area contributed by atoms with Gasteiger partial charge in [0.1, 0.15) is 0 Å². The Balaban J connectivity index is 1.33. The van der Waals surface area contributed by atoms with Gasteiger partial charge < -0.3 is 10.2 Å². The highest BCUT2D eigenvalue weighted by atomic mass is 16.2. The second kappa shape index (κ2) is 9.91. The molecule has 0 atom stereocenters. The normalized spacial score (nSPS) is 23.8. The summed E-state index contributed by atoms with van der Waals surface area (Å²) in [7, 11) is 0. The molecule has 0 bridgehead atoms. The monoisotopic (exact) mass is 370 g/mol. The number of carbonyl (C=O) groups excluding carboxylic acids is 2. The molecule has 1 aromatic rings. The Hall–Kier alpha value is -1.84. The molecular weight excluding hydrogens is 336 g/mol. The van der Waals surface area contributed by atoms with Gasteiger partial charge in [-0.1, -0.05) is 37.3 Å².